The Kier molecular flexibility index (Phi) is 24.6. The standard InChI is InChI=1S/C4H10.BrH.O.Sn/c1-3-4-2;;;/h3-4H2,1-2H3;1H;;/q;;;+1/p-1. The molecule has 0 saturated carbocycles. The van der Waals surface area contributed by atoms with Crippen molar-refractivity contribution >= 4 is 31.6 Å². The van der Waals surface area contributed by atoms with Gasteiger partial charge in [-0.2, -0.15) is 0 Å². The number of rotatable bonds is 1. The van der Waals surface area contributed by atoms with Crippen molar-refractivity contribution in [2.75, 3.05) is 0 Å². The van der Waals surface area contributed by atoms with Crippen molar-refractivity contribution in [1.29, 1.82) is 0 Å². The van der Waals surface area contributed by atoms with E-state index in [9.17, 15) is 0 Å². The molecule has 0 aliphatic heterocycles. The molecule has 7 heavy (non-hydrogen) atoms. The van der Waals surface area contributed by atoms with Gasteiger partial charge in [0.05, 0.1) is 0 Å². The zero-order valence-corrected chi connectivity index (χ0v) is 9.14. The molecule has 0 unspecified atom stereocenters. The quantitative estimate of drug-likeness (QED) is 0.669. The van der Waals surface area contributed by atoms with E-state index >= 15 is 0 Å². The number of hydrogen-bond acceptors (Lipinski definition) is 1. The SMILES string of the molecule is CCCC.[O]=[Sn][Br]. The van der Waals surface area contributed by atoms with Crippen LogP contribution < -0.4 is 0 Å². The Morgan fingerprint density at radius 2 is 1.57 bits per heavy atom. The van der Waals surface area contributed by atoms with Crippen molar-refractivity contribution in [2.45, 2.75) is 26.7 Å². The van der Waals surface area contributed by atoms with Gasteiger partial charge < -0.3 is 0 Å². The molecular weight excluding hydrogens is 263 g/mol. The number of halogens is 1. The predicted octanol–water partition coefficient (Wildman–Crippen LogP) is 2.15. The molecule has 43 valence electrons. The van der Waals surface area contributed by atoms with Gasteiger partial charge in [0, 0.05) is 0 Å². The fourth-order valence-corrected chi connectivity index (χ4v) is 0. The topological polar surface area (TPSA) is 17.1 Å². The molecule has 3 heteroatoms. The normalized spacial score (nSPS) is 6.14. The van der Waals surface area contributed by atoms with Crippen molar-refractivity contribution in [2.24, 2.45) is 0 Å². The van der Waals surface area contributed by atoms with Gasteiger partial charge in [-0.1, -0.05) is 26.7 Å². The molecule has 0 aliphatic carbocycles. The fraction of sp³-hybridized carbons (Fsp3) is 1.00. The van der Waals surface area contributed by atoms with Gasteiger partial charge in [-0.05, 0) is 0 Å². The molecule has 0 spiro atoms. The van der Waals surface area contributed by atoms with Crippen LogP contribution in [0.3, 0.4) is 0 Å². The van der Waals surface area contributed by atoms with Crippen molar-refractivity contribution in [3.63, 3.8) is 0 Å². The van der Waals surface area contributed by atoms with Crippen LogP contribution in [-0.4, -0.2) is 18.9 Å². The molecule has 0 bridgehead atoms. The summed E-state index contributed by atoms with van der Waals surface area (Å²) in [5, 5.41) is 0. The summed E-state index contributed by atoms with van der Waals surface area (Å²) < 4.78 is 9.02. The average molecular weight is 273 g/mol. The van der Waals surface area contributed by atoms with Crippen LogP contribution in [0, 0.1) is 0 Å². The summed E-state index contributed by atoms with van der Waals surface area (Å²) in [5.41, 5.74) is 0. The van der Waals surface area contributed by atoms with Gasteiger partial charge >= 0.3 is 34.7 Å². The third kappa shape index (κ3) is 42.3. The summed E-state index contributed by atoms with van der Waals surface area (Å²) in [7, 11) is 0. The maximum absolute atomic E-state index is 9.02. The second kappa shape index (κ2) is 15.7. The summed E-state index contributed by atoms with van der Waals surface area (Å²) in [4.78, 5) is 0. The predicted molar refractivity (Wildman–Crippen MR) is 35.9 cm³/mol. The Morgan fingerprint density at radius 1 is 1.43 bits per heavy atom. The molecule has 0 rings (SSSR count). The monoisotopic (exact) mass is 273 g/mol. The van der Waals surface area contributed by atoms with Crippen LogP contribution in [0.2, 0.25) is 0 Å². The maximum atomic E-state index is 9.02. The summed E-state index contributed by atoms with van der Waals surface area (Å²) >= 11 is 1.55. The van der Waals surface area contributed by atoms with Crippen molar-refractivity contribution in [3.8, 4) is 0 Å². The Labute approximate surface area is 61.2 Å². The van der Waals surface area contributed by atoms with E-state index in [1.807, 2.05) is 0 Å². The van der Waals surface area contributed by atoms with E-state index in [0.717, 1.165) is 0 Å². The van der Waals surface area contributed by atoms with Crippen LogP contribution in [0.1, 0.15) is 26.7 Å². The third-order valence-corrected chi connectivity index (χ3v) is 0.500. The third-order valence-electron chi connectivity index (χ3n) is 0.500. The molecule has 0 aliphatic rings. The van der Waals surface area contributed by atoms with Gasteiger partial charge in [0.1, 0.15) is 0 Å². The van der Waals surface area contributed by atoms with Crippen LogP contribution in [0.5, 0.6) is 0 Å². The van der Waals surface area contributed by atoms with E-state index in [0.29, 0.717) is 0 Å². The average Bonchev–Trinajstić information content (AvgIpc) is 1.69. The molecule has 1 radical (unpaired) electrons. The second-order valence-corrected chi connectivity index (χ2v) is 3.69. The number of unbranched alkanes of at least 4 members (excludes halogenated alkanes) is 1. The summed E-state index contributed by atoms with van der Waals surface area (Å²) in [6.07, 6.45) is 2.64. The first-order valence-corrected chi connectivity index (χ1v) is 9.87. The molecule has 0 N–H and O–H groups in total. The van der Waals surface area contributed by atoms with Crippen LogP contribution in [0.25, 0.3) is 0 Å². The van der Waals surface area contributed by atoms with Gasteiger partial charge in [0.25, 0.3) is 0 Å². The van der Waals surface area contributed by atoms with E-state index in [4.69, 9.17) is 3.08 Å². The Hall–Kier alpha value is 1.08. The Balaban J connectivity index is 0. The Bertz CT molecular complexity index is 30.9. The first-order valence-electron chi connectivity index (χ1n) is 2.31. The number of hydrogen-bond donors (Lipinski definition) is 0. The molecule has 0 aromatic carbocycles. The zero-order chi connectivity index (χ0) is 6.12. The van der Waals surface area contributed by atoms with Gasteiger partial charge in [0.15, 0.2) is 0 Å². The van der Waals surface area contributed by atoms with Gasteiger partial charge in [-0.15, -0.1) is 0 Å². The van der Waals surface area contributed by atoms with E-state index in [1.165, 1.54) is 12.8 Å². The Morgan fingerprint density at radius 3 is 1.57 bits per heavy atom. The van der Waals surface area contributed by atoms with Gasteiger partial charge in [0.2, 0.25) is 0 Å². The molecule has 0 aromatic heterocycles. The fourth-order valence-electron chi connectivity index (χ4n) is 0. The van der Waals surface area contributed by atoms with Gasteiger partial charge in [-0.25, -0.2) is 0 Å². The van der Waals surface area contributed by atoms with E-state index in [1.54, 1.807) is 0 Å². The minimum atomic E-state index is -1.21. The summed E-state index contributed by atoms with van der Waals surface area (Å²) in [6.45, 7) is 4.36. The summed E-state index contributed by atoms with van der Waals surface area (Å²) in [5.74, 6) is 0. The molecular formula is C4H10BrOSn. The van der Waals surface area contributed by atoms with Gasteiger partial charge in [-0.3, -0.25) is 0 Å². The second-order valence-electron chi connectivity index (χ2n) is 1.08. The first kappa shape index (κ1) is 11.0. The van der Waals surface area contributed by atoms with E-state index < -0.39 is 18.9 Å². The van der Waals surface area contributed by atoms with Crippen molar-refractivity contribution < 1.29 is 3.08 Å². The summed E-state index contributed by atoms with van der Waals surface area (Å²) in [6, 6.07) is 0. The molecule has 0 aromatic rings. The molecule has 1 nitrogen and oxygen atoms in total. The minimum absolute atomic E-state index is 1.21. The zero-order valence-electron chi connectivity index (χ0n) is 4.70. The van der Waals surface area contributed by atoms with Crippen LogP contribution in [-0.2, 0) is 3.08 Å². The molecule has 0 amide bonds. The van der Waals surface area contributed by atoms with Crippen molar-refractivity contribution in [1.82, 2.24) is 0 Å². The van der Waals surface area contributed by atoms with E-state index in [2.05, 4.69) is 26.6 Å². The van der Waals surface area contributed by atoms with Crippen LogP contribution >= 0.6 is 12.7 Å². The molecule has 0 heterocycles. The van der Waals surface area contributed by atoms with Crippen molar-refractivity contribution in [3.05, 3.63) is 0 Å². The van der Waals surface area contributed by atoms with E-state index in [-0.39, 0.29) is 0 Å². The molecule has 0 fully saturated rings. The van der Waals surface area contributed by atoms with Crippen LogP contribution in [0.4, 0.5) is 0 Å². The van der Waals surface area contributed by atoms with Crippen LogP contribution in [0.15, 0.2) is 0 Å². The molecule has 0 saturated heterocycles. The molecule has 0 atom stereocenters. The first-order chi connectivity index (χ1) is 3.33.